The monoisotopic (exact) mass is 291 g/mol. The number of ether oxygens (including phenoxy) is 1. The van der Waals surface area contributed by atoms with Gasteiger partial charge in [0.15, 0.2) is 0 Å². The van der Waals surface area contributed by atoms with Crippen LogP contribution in [0.15, 0.2) is 16.8 Å². The fourth-order valence-electron chi connectivity index (χ4n) is 1.63. The summed E-state index contributed by atoms with van der Waals surface area (Å²) in [5.41, 5.74) is 1.18. The van der Waals surface area contributed by atoms with E-state index in [1.165, 1.54) is 17.0 Å². The van der Waals surface area contributed by atoms with Crippen molar-refractivity contribution < 1.29 is 13.2 Å². The zero-order valence-corrected chi connectivity index (χ0v) is 12.9. The number of thiophene rings is 1. The molecule has 0 aliphatic rings. The van der Waals surface area contributed by atoms with E-state index in [0.717, 1.165) is 6.42 Å². The van der Waals surface area contributed by atoms with Gasteiger partial charge in [0.2, 0.25) is 10.0 Å². The lowest BCUT2D eigenvalue weighted by molar-refractivity contribution is 0.135. The molecule has 0 fully saturated rings. The molecule has 0 N–H and O–H groups in total. The van der Waals surface area contributed by atoms with Gasteiger partial charge in [-0.25, -0.2) is 12.7 Å². The summed E-state index contributed by atoms with van der Waals surface area (Å²) in [6.07, 6.45) is 0.450. The van der Waals surface area contributed by atoms with Gasteiger partial charge in [0.25, 0.3) is 0 Å². The van der Waals surface area contributed by atoms with Crippen molar-refractivity contribution in [2.75, 3.05) is 19.9 Å². The van der Waals surface area contributed by atoms with Crippen LogP contribution >= 0.6 is 11.3 Å². The van der Waals surface area contributed by atoms with Gasteiger partial charge in [-0.3, -0.25) is 0 Å². The Kier molecular flexibility index (Phi) is 5.78. The molecule has 0 spiro atoms. The summed E-state index contributed by atoms with van der Waals surface area (Å²) in [5, 5.41) is 4.05. The molecule has 0 aliphatic carbocycles. The SMILES string of the molecule is CO[C@H](C)CS(=O)(=O)N(C)[C@@H](C)Cc1ccsc1. The number of hydrogen-bond acceptors (Lipinski definition) is 4. The Morgan fingerprint density at radius 1 is 1.44 bits per heavy atom. The molecule has 0 amide bonds. The molecule has 4 nitrogen and oxygen atoms in total. The lowest BCUT2D eigenvalue weighted by atomic mass is 10.1. The number of methoxy groups -OCH3 is 1. The molecule has 18 heavy (non-hydrogen) atoms. The van der Waals surface area contributed by atoms with Crippen LogP contribution in [0.25, 0.3) is 0 Å². The van der Waals surface area contributed by atoms with Crippen molar-refractivity contribution >= 4 is 21.4 Å². The highest BCUT2D eigenvalue weighted by molar-refractivity contribution is 7.89. The maximum absolute atomic E-state index is 12.1. The lowest BCUT2D eigenvalue weighted by Gasteiger charge is -2.25. The highest BCUT2D eigenvalue weighted by atomic mass is 32.2. The van der Waals surface area contributed by atoms with Crippen molar-refractivity contribution in [2.45, 2.75) is 32.4 Å². The second kappa shape index (κ2) is 6.65. The summed E-state index contributed by atoms with van der Waals surface area (Å²) in [6.45, 7) is 3.68. The second-order valence-electron chi connectivity index (χ2n) is 4.53. The van der Waals surface area contributed by atoms with Crippen molar-refractivity contribution in [3.63, 3.8) is 0 Å². The molecule has 6 heteroatoms. The fraction of sp³-hybridized carbons (Fsp3) is 0.667. The first-order valence-electron chi connectivity index (χ1n) is 5.86. The zero-order valence-electron chi connectivity index (χ0n) is 11.3. The molecular weight excluding hydrogens is 270 g/mol. The van der Waals surface area contributed by atoms with Crippen molar-refractivity contribution in [1.29, 1.82) is 0 Å². The Balaban J connectivity index is 2.64. The molecule has 104 valence electrons. The standard InChI is InChI=1S/C12H21NO3S2/c1-10(7-12-5-6-17-8-12)13(3)18(14,15)9-11(2)16-4/h5-6,8,10-11H,7,9H2,1-4H3/t10-,11+/m0/s1. The van der Waals surface area contributed by atoms with E-state index in [-0.39, 0.29) is 17.9 Å². The Morgan fingerprint density at radius 3 is 2.61 bits per heavy atom. The quantitative estimate of drug-likeness (QED) is 0.771. The Morgan fingerprint density at radius 2 is 2.11 bits per heavy atom. The van der Waals surface area contributed by atoms with Crippen molar-refractivity contribution in [3.05, 3.63) is 22.4 Å². The van der Waals surface area contributed by atoms with Crippen molar-refractivity contribution in [1.82, 2.24) is 4.31 Å². The van der Waals surface area contributed by atoms with E-state index >= 15 is 0 Å². The molecule has 1 aromatic rings. The van der Waals surface area contributed by atoms with Crippen LogP contribution in [-0.2, 0) is 21.2 Å². The zero-order chi connectivity index (χ0) is 13.8. The average molecular weight is 291 g/mol. The predicted octanol–water partition coefficient (Wildman–Crippen LogP) is 1.98. The lowest BCUT2D eigenvalue weighted by Crippen LogP contribution is -2.40. The first-order valence-corrected chi connectivity index (χ1v) is 8.41. The fourth-order valence-corrected chi connectivity index (χ4v) is 3.90. The molecule has 0 unspecified atom stereocenters. The van der Waals surface area contributed by atoms with Gasteiger partial charge >= 0.3 is 0 Å². The molecule has 0 saturated heterocycles. The highest BCUT2D eigenvalue weighted by Gasteiger charge is 2.25. The van der Waals surface area contributed by atoms with E-state index in [1.54, 1.807) is 25.3 Å². The maximum atomic E-state index is 12.1. The maximum Gasteiger partial charge on any atom is 0.216 e. The Labute approximate surface area is 114 Å². The van der Waals surface area contributed by atoms with Crippen LogP contribution in [0.3, 0.4) is 0 Å². The molecule has 0 radical (unpaired) electrons. The predicted molar refractivity (Wildman–Crippen MR) is 75.5 cm³/mol. The third-order valence-electron chi connectivity index (χ3n) is 3.02. The molecule has 0 aromatic carbocycles. The Bertz CT molecular complexity index is 442. The summed E-state index contributed by atoms with van der Waals surface area (Å²) < 4.78 is 30.7. The van der Waals surface area contributed by atoms with Crippen LogP contribution in [-0.4, -0.2) is 44.8 Å². The van der Waals surface area contributed by atoms with Gasteiger partial charge in [-0.05, 0) is 42.7 Å². The van der Waals surface area contributed by atoms with Crippen LogP contribution < -0.4 is 0 Å². The smallest absolute Gasteiger partial charge is 0.216 e. The second-order valence-corrected chi connectivity index (χ2v) is 7.38. The van der Waals surface area contributed by atoms with Gasteiger partial charge in [-0.2, -0.15) is 11.3 Å². The first-order chi connectivity index (χ1) is 8.36. The van der Waals surface area contributed by atoms with E-state index in [0.29, 0.717) is 0 Å². The van der Waals surface area contributed by atoms with Crippen molar-refractivity contribution in [2.24, 2.45) is 0 Å². The van der Waals surface area contributed by atoms with Crippen LogP contribution in [0.2, 0.25) is 0 Å². The van der Waals surface area contributed by atoms with Crippen LogP contribution in [0.4, 0.5) is 0 Å². The molecular formula is C12H21NO3S2. The van der Waals surface area contributed by atoms with Crippen LogP contribution in [0.5, 0.6) is 0 Å². The number of rotatable bonds is 7. The molecule has 1 heterocycles. The number of likely N-dealkylation sites (N-methyl/N-ethyl adjacent to an activating group) is 1. The normalized spacial score (nSPS) is 15.8. The highest BCUT2D eigenvalue weighted by Crippen LogP contribution is 2.14. The van der Waals surface area contributed by atoms with E-state index in [2.05, 4.69) is 5.38 Å². The third-order valence-corrected chi connectivity index (χ3v) is 5.88. The Hall–Kier alpha value is -0.430. The van der Waals surface area contributed by atoms with Gasteiger partial charge in [0.05, 0.1) is 11.9 Å². The minimum absolute atomic E-state index is 0.0218. The summed E-state index contributed by atoms with van der Waals surface area (Å²) in [6, 6.07) is 1.98. The van der Waals surface area contributed by atoms with Crippen LogP contribution in [0, 0.1) is 0 Å². The summed E-state index contributed by atoms with van der Waals surface area (Å²) >= 11 is 1.63. The molecule has 0 saturated carbocycles. The summed E-state index contributed by atoms with van der Waals surface area (Å²) in [4.78, 5) is 0. The minimum atomic E-state index is -3.26. The molecule has 1 aromatic heterocycles. The third kappa shape index (κ3) is 4.35. The van der Waals surface area contributed by atoms with E-state index in [9.17, 15) is 8.42 Å². The van der Waals surface area contributed by atoms with E-state index in [4.69, 9.17) is 4.74 Å². The van der Waals surface area contributed by atoms with Gasteiger partial charge in [-0.15, -0.1) is 0 Å². The van der Waals surface area contributed by atoms with Gasteiger partial charge < -0.3 is 4.74 Å². The molecule has 0 aliphatic heterocycles. The van der Waals surface area contributed by atoms with Gasteiger partial charge in [-0.1, -0.05) is 0 Å². The van der Waals surface area contributed by atoms with E-state index in [1.807, 2.05) is 18.4 Å². The molecule has 1 rings (SSSR count). The number of hydrogen-bond donors (Lipinski definition) is 0. The number of nitrogens with zero attached hydrogens (tertiary/aromatic N) is 1. The average Bonchev–Trinajstić information content (AvgIpc) is 2.79. The van der Waals surface area contributed by atoms with Crippen LogP contribution in [0.1, 0.15) is 19.4 Å². The summed E-state index contributed by atoms with van der Waals surface area (Å²) in [5.74, 6) is 0.0218. The molecule has 2 atom stereocenters. The van der Waals surface area contributed by atoms with Gasteiger partial charge in [0.1, 0.15) is 0 Å². The minimum Gasteiger partial charge on any atom is -0.381 e. The first kappa shape index (κ1) is 15.6. The largest absolute Gasteiger partial charge is 0.381 e. The van der Waals surface area contributed by atoms with E-state index < -0.39 is 10.0 Å². The number of sulfonamides is 1. The van der Waals surface area contributed by atoms with Crippen molar-refractivity contribution in [3.8, 4) is 0 Å². The topological polar surface area (TPSA) is 46.6 Å². The molecule has 0 bridgehead atoms. The summed E-state index contributed by atoms with van der Waals surface area (Å²) in [7, 11) is -0.106. The van der Waals surface area contributed by atoms with Gasteiger partial charge in [0, 0.05) is 20.2 Å².